The highest BCUT2D eigenvalue weighted by Gasteiger charge is 2.30. The average molecular weight is 319 g/mol. The minimum Gasteiger partial charge on any atom is -0.482 e. The summed E-state index contributed by atoms with van der Waals surface area (Å²) in [5, 5.41) is 2.99. The summed E-state index contributed by atoms with van der Waals surface area (Å²) in [7, 11) is 0. The molecule has 1 aromatic carbocycles. The summed E-state index contributed by atoms with van der Waals surface area (Å²) in [6.45, 7) is 6.68. The molecule has 0 bridgehead atoms. The molecule has 0 radical (unpaired) electrons. The molecule has 2 amide bonds. The smallest absolute Gasteiger partial charge is 0.265 e. The third-order valence-corrected chi connectivity index (χ3v) is 4.49. The van der Waals surface area contributed by atoms with Gasteiger partial charge in [0, 0.05) is 19.5 Å². The normalized spacial score (nSPS) is 16.6. The number of anilines is 1. The number of fused-ring (bicyclic) bond motifs is 1. The molecule has 0 aromatic heterocycles. The van der Waals surface area contributed by atoms with Crippen LogP contribution in [0.4, 0.5) is 5.69 Å². The summed E-state index contributed by atoms with van der Waals surface area (Å²) in [5.41, 5.74) is 6.05. The first-order valence-electron chi connectivity index (χ1n) is 7.90. The van der Waals surface area contributed by atoms with Gasteiger partial charge in [-0.15, -0.1) is 0 Å². The second kappa shape index (κ2) is 7.00. The number of nitrogens with one attached hydrogen (secondary N) is 1. The summed E-state index contributed by atoms with van der Waals surface area (Å²) >= 11 is 0. The second-order valence-corrected chi connectivity index (χ2v) is 6.38. The van der Waals surface area contributed by atoms with Crippen molar-refractivity contribution in [3.8, 4) is 5.75 Å². The van der Waals surface area contributed by atoms with Crippen molar-refractivity contribution in [2.75, 3.05) is 24.6 Å². The van der Waals surface area contributed by atoms with Crippen molar-refractivity contribution >= 4 is 17.5 Å². The van der Waals surface area contributed by atoms with E-state index in [-0.39, 0.29) is 30.8 Å². The van der Waals surface area contributed by atoms with E-state index in [1.54, 1.807) is 4.90 Å². The molecule has 23 heavy (non-hydrogen) atoms. The van der Waals surface area contributed by atoms with Crippen LogP contribution in [-0.4, -0.2) is 37.0 Å². The van der Waals surface area contributed by atoms with Crippen molar-refractivity contribution in [3.05, 3.63) is 24.3 Å². The fraction of sp³-hybridized carbons (Fsp3) is 0.529. The summed E-state index contributed by atoms with van der Waals surface area (Å²) in [5.74, 6) is 0.647. The van der Waals surface area contributed by atoms with E-state index in [1.165, 1.54) is 0 Å². The molecule has 1 atom stereocenters. The lowest BCUT2D eigenvalue weighted by molar-refractivity contribution is -0.123. The van der Waals surface area contributed by atoms with Gasteiger partial charge in [0.15, 0.2) is 6.61 Å². The summed E-state index contributed by atoms with van der Waals surface area (Å²) in [6, 6.07) is 7.34. The number of hydrogen-bond acceptors (Lipinski definition) is 4. The number of carbonyl (C=O) groups is 2. The maximum atomic E-state index is 12.2. The molecule has 1 aliphatic rings. The van der Waals surface area contributed by atoms with Gasteiger partial charge in [-0.3, -0.25) is 9.59 Å². The van der Waals surface area contributed by atoms with Gasteiger partial charge in [-0.1, -0.05) is 26.0 Å². The van der Waals surface area contributed by atoms with Crippen LogP contribution in [0.15, 0.2) is 24.3 Å². The lowest BCUT2D eigenvalue weighted by Crippen LogP contribution is -2.55. The van der Waals surface area contributed by atoms with Crippen molar-refractivity contribution in [3.63, 3.8) is 0 Å². The first kappa shape index (κ1) is 17.3. The zero-order valence-corrected chi connectivity index (χ0v) is 14.0. The molecule has 1 aromatic rings. The second-order valence-electron chi connectivity index (χ2n) is 6.38. The van der Waals surface area contributed by atoms with Gasteiger partial charge in [0.25, 0.3) is 5.91 Å². The van der Waals surface area contributed by atoms with Crippen molar-refractivity contribution in [1.82, 2.24) is 5.32 Å². The molecule has 0 spiro atoms. The van der Waals surface area contributed by atoms with E-state index in [0.717, 1.165) is 0 Å². The summed E-state index contributed by atoms with van der Waals surface area (Å²) in [6.07, 6.45) is 0.225. The van der Waals surface area contributed by atoms with E-state index in [1.807, 2.05) is 45.0 Å². The lowest BCUT2D eigenvalue weighted by atomic mass is 9.88. The van der Waals surface area contributed by atoms with Crippen LogP contribution in [0.3, 0.4) is 0 Å². The van der Waals surface area contributed by atoms with Crippen molar-refractivity contribution in [2.45, 2.75) is 32.7 Å². The first-order chi connectivity index (χ1) is 10.9. The average Bonchev–Trinajstić information content (AvgIpc) is 2.53. The number of ether oxygens (including phenoxy) is 1. The van der Waals surface area contributed by atoms with Gasteiger partial charge < -0.3 is 20.7 Å². The SMILES string of the molecule is CC(C)C(C)(CN)NC(=O)CCN1C(=O)COc2ccccc21. The van der Waals surface area contributed by atoms with Crippen LogP contribution in [0.2, 0.25) is 0 Å². The van der Waals surface area contributed by atoms with E-state index < -0.39 is 5.54 Å². The highest BCUT2D eigenvalue weighted by atomic mass is 16.5. The van der Waals surface area contributed by atoms with Gasteiger partial charge in [0.05, 0.1) is 11.2 Å². The quantitative estimate of drug-likeness (QED) is 0.827. The van der Waals surface area contributed by atoms with Crippen LogP contribution in [0.5, 0.6) is 5.75 Å². The third-order valence-electron chi connectivity index (χ3n) is 4.49. The molecule has 2 rings (SSSR count). The molecule has 1 heterocycles. The third kappa shape index (κ3) is 3.82. The topological polar surface area (TPSA) is 84.7 Å². The highest BCUT2D eigenvalue weighted by Crippen LogP contribution is 2.31. The number of hydrogen-bond donors (Lipinski definition) is 2. The van der Waals surface area contributed by atoms with Gasteiger partial charge in [0.1, 0.15) is 5.75 Å². The minimum absolute atomic E-state index is 0.00510. The number of carbonyl (C=O) groups excluding carboxylic acids is 2. The molecule has 0 fully saturated rings. The number of benzene rings is 1. The number of para-hydroxylation sites is 2. The molecule has 0 aliphatic carbocycles. The zero-order valence-electron chi connectivity index (χ0n) is 14.0. The van der Waals surface area contributed by atoms with Crippen molar-refractivity contribution < 1.29 is 14.3 Å². The molecule has 0 saturated heterocycles. The van der Waals surface area contributed by atoms with Crippen molar-refractivity contribution in [1.29, 1.82) is 0 Å². The molecule has 1 aliphatic heterocycles. The Morgan fingerprint density at radius 2 is 2.13 bits per heavy atom. The van der Waals surface area contributed by atoms with E-state index >= 15 is 0 Å². The van der Waals surface area contributed by atoms with Crippen LogP contribution in [0, 0.1) is 5.92 Å². The monoisotopic (exact) mass is 319 g/mol. The van der Waals surface area contributed by atoms with Gasteiger partial charge in [-0.05, 0) is 25.0 Å². The van der Waals surface area contributed by atoms with Gasteiger partial charge in [-0.2, -0.15) is 0 Å². The van der Waals surface area contributed by atoms with Crippen LogP contribution in [0.25, 0.3) is 0 Å². The molecule has 6 heteroatoms. The fourth-order valence-electron chi connectivity index (χ4n) is 2.42. The number of rotatable bonds is 6. The predicted molar refractivity (Wildman–Crippen MR) is 89.3 cm³/mol. The standard InChI is InChI=1S/C17H25N3O3/c1-12(2)17(3,11-18)19-15(21)8-9-20-13-6-4-5-7-14(13)23-10-16(20)22/h4-7,12H,8-11,18H2,1-3H3,(H,19,21). The van der Waals surface area contributed by atoms with E-state index in [0.29, 0.717) is 24.5 Å². The summed E-state index contributed by atoms with van der Waals surface area (Å²) in [4.78, 5) is 25.9. The molecule has 1 unspecified atom stereocenters. The maximum absolute atomic E-state index is 12.2. The fourth-order valence-corrected chi connectivity index (χ4v) is 2.42. The van der Waals surface area contributed by atoms with Crippen molar-refractivity contribution in [2.24, 2.45) is 11.7 Å². The Bertz CT molecular complexity index is 588. The number of nitrogens with two attached hydrogens (primary N) is 1. The molecular formula is C17H25N3O3. The Hall–Kier alpha value is -2.08. The Morgan fingerprint density at radius 3 is 2.78 bits per heavy atom. The van der Waals surface area contributed by atoms with Crippen LogP contribution in [-0.2, 0) is 9.59 Å². The van der Waals surface area contributed by atoms with Gasteiger partial charge in [0.2, 0.25) is 5.91 Å². The molecule has 0 saturated carbocycles. The number of amides is 2. The Kier molecular flexibility index (Phi) is 5.26. The largest absolute Gasteiger partial charge is 0.482 e. The van der Waals surface area contributed by atoms with E-state index in [9.17, 15) is 9.59 Å². The molecule has 126 valence electrons. The van der Waals surface area contributed by atoms with Crippen LogP contribution in [0.1, 0.15) is 27.2 Å². The Morgan fingerprint density at radius 1 is 1.43 bits per heavy atom. The summed E-state index contributed by atoms with van der Waals surface area (Å²) < 4.78 is 5.39. The van der Waals surface area contributed by atoms with Gasteiger partial charge >= 0.3 is 0 Å². The van der Waals surface area contributed by atoms with Gasteiger partial charge in [-0.25, -0.2) is 0 Å². The molecule has 6 nitrogen and oxygen atoms in total. The van der Waals surface area contributed by atoms with Crippen LogP contribution >= 0.6 is 0 Å². The zero-order chi connectivity index (χ0) is 17.0. The maximum Gasteiger partial charge on any atom is 0.265 e. The number of nitrogens with zero attached hydrogens (tertiary/aromatic N) is 1. The van der Waals surface area contributed by atoms with E-state index in [4.69, 9.17) is 10.5 Å². The Balaban J connectivity index is 2.01. The van der Waals surface area contributed by atoms with Crippen LogP contribution < -0.4 is 20.7 Å². The van der Waals surface area contributed by atoms with E-state index in [2.05, 4.69) is 5.32 Å². The molecular weight excluding hydrogens is 294 g/mol. The minimum atomic E-state index is -0.440. The Labute approximate surface area is 137 Å². The highest BCUT2D eigenvalue weighted by molar-refractivity contribution is 5.98. The first-order valence-corrected chi connectivity index (χ1v) is 7.90. The predicted octanol–water partition coefficient (Wildman–Crippen LogP) is 1.29. The molecule has 3 N–H and O–H groups in total. The lowest BCUT2D eigenvalue weighted by Gasteiger charge is -2.34.